The number of carboxylic acids is 1. The molecule has 19 heavy (non-hydrogen) atoms. The van der Waals surface area contributed by atoms with E-state index in [1.165, 1.54) is 0 Å². The first-order chi connectivity index (χ1) is 8.94. The number of carbonyl (C=O) groups is 1. The normalized spacial score (nSPS) is 13.7. The van der Waals surface area contributed by atoms with Crippen molar-refractivity contribution in [3.8, 4) is 5.75 Å². The third-order valence-electron chi connectivity index (χ3n) is 3.40. The minimum Gasteiger partial charge on any atom is -0.495 e. The zero-order valence-corrected chi connectivity index (χ0v) is 12.1. The van der Waals surface area contributed by atoms with E-state index in [0.717, 1.165) is 17.9 Å². The molecule has 0 amide bonds. The first kappa shape index (κ1) is 15.3. The number of anilines is 1. The number of aliphatic carboxylic acids is 1. The van der Waals surface area contributed by atoms with Crippen molar-refractivity contribution in [2.75, 3.05) is 25.6 Å². The summed E-state index contributed by atoms with van der Waals surface area (Å²) in [6, 6.07) is 7.64. The molecule has 106 valence electrons. The molecular weight excluding hydrogens is 242 g/mol. The molecule has 1 N–H and O–H groups in total. The Morgan fingerprint density at radius 3 is 2.58 bits per heavy atom. The van der Waals surface area contributed by atoms with Gasteiger partial charge in [0.05, 0.1) is 18.2 Å². The van der Waals surface area contributed by atoms with Crippen LogP contribution >= 0.6 is 0 Å². The second-order valence-electron chi connectivity index (χ2n) is 5.14. The van der Waals surface area contributed by atoms with E-state index in [-0.39, 0.29) is 0 Å². The highest BCUT2D eigenvalue weighted by atomic mass is 16.5. The summed E-state index contributed by atoms with van der Waals surface area (Å²) in [4.78, 5) is 13.4. The van der Waals surface area contributed by atoms with E-state index in [9.17, 15) is 9.90 Å². The Balaban J connectivity index is 2.94. The number of ether oxygens (including phenoxy) is 1. The van der Waals surface area contributed by atoms with Gasteiger partial charge in [-0.2, -0.15) is 0 Å². The van der Waals surface area contributed by atoms with Crippen molar-refractivity contribution in [2.45, 2.75) is 26.7 Å². The molecule has 1 aromatic carbocycles. The van der Waals surface area contributed by atoms with E-state index < -0.39 is 11.4 Å². The zero-order valence-electron chi connectivity index (χ0n) is 12.1. The molecule has 0 radical (unpaired) electrons. The molecule has 1 atom stereocenters. The molecule has 0 aliphatic carbocycles. The van der Waals surface area contributed by atoms with Crippen molar-refractivity contribution >= 4 is 11.7 Å². The van der Waals surface area contributed by atoms with Crippen molar-refractivity contribution in [1.29, 1.82) is 0 Å². The monoisotopic (exact) mass is 265 g/mol. The fourth-order valence-corrected chi connectivity index (χ4v) is 2.36. The largest absolute Gasteiger partial charge is 0.495 e. The Hall–Kier alpha value is -1.71. The molecule has 0 saturated heterocycles. The predicted octanol–water partition coefficient (Wildman–Crippen LogP) is 3.02. The maximum absolute atomic E-state index is 11.5. The lowest BCUT2D eigenvalue weighted by molar-refractivity contribution is -0.147. The van der Waals surface area contributed by atoms with E-state index in [1.807, 2.05) is 43.1 Å². The summed E-state index contributed by atoms with van der Waals surface area (Å²) in [5.41, 5.74) is 0.165. The Bertz CT molecular complexity index is 433. The van der Waals surface area contributed by atoms with Gasteiger partial charge in [0.1, 0.15) is 5.75 Å². The van der Waals surface area contributed by atoms with Gasteiger partial charge in [-0.15, -0.1) is 0 Å². The van der Waals surface area contributed by atoms with Crippen molar-refractivity contribution in [2.24, 2.45) is 5.41 Å². The lowest BCUT2D eigenvalue weighted by atomic mass is 9.85. The van der Waals surface area contributed by atoms with Gasteiger partial charge in [0.2, 0.25) is 0 Å². The van der Waals surface area contributed by atoms with Crippen LogP contribution < -0.4 is 9.64 Å². The molecule has 1 aromatic rings. The van der Waals surface area contributed by atoms with E-state index in [4.69, 9.17) is 4.74 Å². The summed E-state index contributed by atoms with van der Waals surface area (Å²) in [6.07, 6.45) is 1.50. The Labute approximate surface area is 115 Å². The van der Waals surface area contributed by atoms with Crippen molar-refractivity contribution in [1.82, 2.24) is 0 Å². The lowest BCUT2D eigenvalue weighted by Crippen LogP contribution is -2.39. The molecular formula is C15H23NO3. The number of methoxy groups -OCH3 is 1. The van der Waals surface area contributed by atoms with Gasteiger partial charge in [0.15, 0.2) is 0 Å². The number of nitrogens with zero attached hydrogens (tertiary/aromatic N) is 1. The highest BCUT2D eigenvalue weighted by molar-refractivity contribution is 5.75. The van der Waals surface area contributed by atoms with Crippen molar-refractivity contribution in [3.05, 3.63) is 24.3 Å². The Morgan fingerprint density at radius 1 is 1.42 bits per heavy atom. The zero-order chi connectivity index (χ0) is 14.5. The molecule has 1 rings (SSSR count). The topological polar surface area (TPSA) is 49.8 Å². The standard InChI is InChI=1S/C15H23NO3/c1-5-10-15(2,14(17)18)11-16(3)12-8-6-7-9-13(12)19-4/h6-9H,5,10-11H2,1-4H3,(H,17,18). The van der Waals surface area contributed by atoms with Crippen molar-refractivity contribution in [3.63, 3.8) is 0 Å². The fourth-order valence-electron chi connectivity index (χ4n) is 2.36. The number of rotatable bonds is 7. The van der Waals surface area contributed by atoms with Crippen LogP contribution in [0.5, 0.6) is 5.75 Å². The summed E-state index contributed by atoms with van der Waals surface area (Å²) in [7, 11) is 3.52. The first-order valence-electron chi connectivity index (χ1n) is 6.52. The summed E-state index contributed by atoms with van der Waals surface area (Å²) in [5, 5.41) is 9.43. The number of carboxylic acid groups (broad SMARTS) is 1. The van der Waals surface area contributed by atoms with Crippen LogP contribution in [0.4, 0.5) is 5.69 Å². The van der Waals surface area contributed by atoms with Crippen LogP contribution in [0.25, 0.3) is 0 Å². The number of para-hydroxylation sites is 2. The predicted molar refractivity (Wildman–Crippen MR) is 76.9 cm³/mol. The third-order valence-corrected chi connectivity index (χ3v) is 3.40. The smallest absolute Gasteiger partial charge is 0.311 e. The van der Waals surface area contributed by atoms with Gasteiger partial charge < -0.3 is 14.7 Å². The summed E-state index contributed by atoms with van der Waals surface area (Å²) in [6.45, 7) is 4.26. The minimum atomic E-state index is -0.754. The van der Waals surface area contributed by atoms with E-state index in [1.54, 1.807) is 14.0 Å². The highest BCUT2D eigenvalue weighted by Crippen LogP contribution is 2.31. The first-order valence-corrected chi connectivity index (χ1v) is 6.52. The number of hydrogen-bond acceptors (Lipinski definition) is 3. The van der Waals surface area contributed by atoms with Crippen LogP contribution in [0.15, 0.2) is 24.3 Å². The maximum Gasteiger partial charge on any atom is 0.311 e. The Kier molecular flexibility index (Phi) is 5.21. The van der Waals surface area contributed by atoms with Gasteiger partial charge in [-0.05, 0) is 25.5 Å². The van der Waals surface area contributed by atoms with Crippen LogP contribution in [-0.4, -0.2) is 31.8 Å². The van der Waals surface area contributed by atoms with Crippen LogP contribution in [-0.2, 0) is 4.79 Å². The molecule has 4 heteroatoms. The molecule has 0 fully saturated rings. The molecule has 0 bridgehead atoms. The van der Waals surface area contributed by atoms with Gasteiger partial charge in [0.25, 0.3) is 0 Å². The molecule has 4 nitrogen and oxygen atoms in total. The van der Waals surface area contributed by atoms with Gasteiger partial charge in [-0.3, -0.25) is 4.79 Å². The maximum atomic E-state index is 11.5. The highest BCUT2D eigenvalue weighted by Gasteiger charge is 2.33. The molecule has 0 aliphatic heterocycles. The lowest BCUT2D eigenvalue weighted by Gasteiger charge is -2.31. The summed E-state index contributed by atoms with van der Waals surface area (Å²) < 4.78 is 5.31. The second kappa shape index (κ2) is 6.45. The van der Waals surface area contributed by atoms with Gasteiger partial charge >= 0.3 is 5.97 Å². The SMILES string of the molecule is CCCC(C)(CN(C)c1ccccc1OC)C(=O)O. The molecule has 0 heterocycles. The van der Waals surface area contributed by atoms with Crippen LogP contribution in [0.3, 0.4) is 0 Å². The van der Waals surface area contributed by atoms with Gasteiger partial charge in [-0.1, -0.05) is 25.5 Å². The van der Waals surface area contributed by atoms with E-state index in [0.29, 0.717) is 13.0 Å². The second-order valence-corrected chi connectivity index (χ2v) is 5.14. The quantitative estimate of drug-likeness (QED) is 0.823. The fraction of sp³-hybridized carbons (Fsp3) is 0.533. The van der Waals surface area contributed by atoms with Gasteiger partial charge in [-0.25, -0.2) is 0 Å². The van der Waals surface area contributed by atoms with Crippen LogP contribution in [0.1, 0.15) is 26.7 Å². The minimum absolute atomic E-state index is 0.455. The summed E-state index contributed by atoms with van der Waals surface area (Å²) >= 11 is 0. The van der Waals surface area contributed by atoms with Crippen molar-refractivity contribution < 1.29 is 14.6 Å². The van der Waals surface area contributed by atoms with Crippen LogP contribution in [0, 0.1) is 5.41 Å². The van der Waals surface area contributed by atoms with Gasteiger partial charge in [0, 0.05) is 13.6 Å². The molecule has 0 spiro atoms. The third kappa shape index (κ3) is 3.63. The summed E-state index contributed by atoms with van der Waals surface area (Å²) in [5.74, 6) is 0.00494. The molecule has 0 aliphatic rings. The molecule has 0 saturated carbocycles. The number of benzene rings is 1. The average molecular weight is 265 g/mol. The number of hydrogen-bond donors (Lipinski definition) is 1. The Morgan fingerprint density at radius 2 is 2.05 bits per heavy atom. The molecule has 0 aromatic heterocycles. The average Bonchev–Trinajstić information content (AvgIpc) is 2.38. The van der Waals surface area contributed by atoms with E-state index in [2.05, 4.69) is 0 Å². The van der Waals surface area contributed by atoms with Crippen LogP contribution in [0.2, 0.25) is 0 Å². The molecule has 1 unspecified atom stereocenters. The van der Waals surface area contributed by atoms with E-state index >= 15 is 0 Å².